The number of aryl methyl sites for hydroxylation is 1. The van der Waals surface area contributed by atoms with Gasteiger partial charge in [-0.2, -0.15) is 0 Å². The largest absolute Gasteiger partial charge is 0.497 e. The van der Waals surface area contributed by atoms with Crippen LogP contribution in [0.15, 0.2) is 36.8 Å². The SMILES string of the molecule is COc1cccc([C@@H]2C[C@@H](O)CN2Cc2cncn2C)c1. The van der Waals surface area contributed by atoms with Gasteiger partial charge in [-0.25, -0.2) is 4.98 Å². The molecule has 21 heavy (non-hydrogen) atoms. The predicted octanol–water partition coefficient (Wildman–Crippen LogP) is 1.74. The lowest BCUT2D eigenvalue weighted by atomic mass is 10.0. The molecule has 0 amide bonds. The minimum atomic E-state index is -0.283. The Morgan fingerprint density at radius 2 is 2.29 bits per heavy atom. The number of benzene rings is 1. The first kappa shape index (κ1) is 14.1. The number of ether oxygens (including phenoxy) is 1. The molecule has 2 atom stereocenters. The Labute approximate surface area is 124 Å². The van der Waals surface area contributed by atoms with Crippen LogP contribution in [0.3, 0.4) is 0 Å². The van der Waals surface area contributed by atoms with Crippen molar-refractivity contribution in [3.8, 4) is 5.75 Å². The lowest BCUT2D eigenvalue weighted by Gasteiger charge is -2.24. The van der Waals surface area contributed by atoms with Gasteiger partial charge in [0.25, 0.3) is 0 Å². The Bertz CT molecular complexity index is 611. The lowest BCUT2D eigenvalue weighted by molar-refractivity contribution is 0.171. The van der Waals surface area contributed by atoms with Crippen molar-refractivity contribution in [2.45, 2.75) is 25.1 Å². The number of imidazole rings is 1. The van der Waals surface area contributed by atoms with Crippen LogP contribution >= 0.6 is 0 Å². The number of hydrogen-bond acceptors (Lipinski definition) is 4. The van der Waals surface area contributed by atoms with E-state index in [0.717, 1.165) is 24.4 Å². The van der Waals surface area contributed by atoms with Gasteiger partial charge in [-0.05, 0) is 24.1 Å². The van der Waals surface area contributed by atoms with Crippen LogP contribution in [-0.2, 0) is 13.6 Å². The number of hydrogen-bond donors (Lipinski definition) is 1. The average molecular weight is 287 g/mol. The van der Waals surface area contributed by atoms with Gasteiger partial charge in [-0.15, -0.1) is 0 Å². The molecule has 1 N–H and O–H groups in total. The zero-order valence-corrected chi connectivity index (χ0v) is 12.4. The van der Waals surface area contributed by atoms with Gasteiger partial charge in [0, 0.05) is 32.4 Å². The summed E-state index contributed by atoms with van der Waals surface area (Å²) >= 11 is 0. The molecule has 0 unspecified atom stereocenters. The van der Waals surface area contributed by atoms with Gasteiger partial charge in [0.15, 0.2) is 0 Å². The maximum absolute atomic E-state index is 10.1. The van der Waals surface area contributed by atoms with Crippen molar-refractivity contribution in [1.29, 1.82) is 0 Å². The Morgan fingerprint density at radius 1 is 1.43 bits per heavy atom. The van der Waals surface area contributed by atoms with E-state index in [-0.39, 0.29) is 12.1 Å². The fourth-order valence-corrected chi connectivity index (χ4v) is 2.99. The molecule has 1 fully saturated rings. The summed E-state index contributed by atoms with van der Waals surface area (Å²) in [6.07, 6.45) is 4.16. The molecule has 1 aromatic carbocycles. The van der Waals surface area contributed by atoms with Gasteiger partial charge in [0.05, 0.1) is 25.2 Å². The van der Waals surface area contributed by atoms with E-state index in [4.69, 9.17) is 4.74 Å². The molecule has 1 saturated heterocycles. The van der Waals surface area contributed by atoms with Gasteiger partial charge in [0.2, 0.25) is 0 Å². The van der Waals surface area contributed by atoms with E-state index in [1.165, 1.54) is 5.56 Å². The first-order valence-electron chi connectivity index (χ1n) is 7.18. The van der Waals surface area contributed by atoms with Crippen molar-refractivity contribution < 1.29 is 9.84 Å². The molecular weight excluding hydrogens is 266 g/mol. The molecule has 0 radical (unpaired) electrons. The summed E-state index contributed by atoms with van der Waals surface area (Å²) in [5.41, 5.74) is 2.34. The fraction of sp³-hybridized carbons (Fsp3) is 0.438. The molecule has 1 aliphatic heterocycles. The van der Waals surface area contributed by atoms with Crippen LogP contribution in [0.4, 0.5) is 0 Å². The van der Waals surface area contributed by atoms with Crippen LogP contribution in [0.5, 0.6) is 5.75 Å². The van der Waals surface area contributed by atoms with E-state index in [2.05, 4.69) is 22.0 Å². The van der Waals surface area contributed by atoms with Crippen molar-refractivity contribution in [3.63, 3.8) is 0 Å². The van der Waals surface area contributed by atoms with Crippen LogP contribution in [-0.4, -0.2) is 39.3 Å². The highest BCUT2D eigenvalue weighted by molar-refractivity contribution is 5.31. The highest BCUT2D eigenvalue weighted by Crippen LogP contribution is 2.34. The molecule has 1 aromatic heterocycles. The Morgan fingerprint density at radius 3 is 3.00 bits per heavy atom. The number of aliphatic hydroxyl groups excluding tert-OH is 1. The lowest BCUT2D eigenvalue weighted by Crippen LogP contribution is -2.25. The van der Waals surface area contributed by atoms with Crippen molar-refractivity contribution in [1.82, 2.24) is 14.5 Å². The van der Waals surface area contributed by atoms with Crippen LogP contribution in [0.1, 0.15) is 23.7 Å². The number of likely N-dealkylation sites (tertiary alicyclic amines) is 1. The summed E-state index contributed by atoms with van der Waals surface area (Å²) in [6, 6.07) is 8.31. The van der Waals surface area contributed by atoms with E-state index >= 15 is 0 Å². The molecule has 2 aromatic rings. The standard InChI is InChI=1S/C16H21N3O2/c1-18-11-17-8-13(18)9-19-10-14(20)7-16(19)12-4-3-5-15(6-12)21-2/h3-6,8,11,14,16,20H,7,9-10H2,1-2H3/t14-,16+/m1/s1. The van der Waals surface area contributed by atoms with Crippen LogP contribution < -0.4 is 4.74 Å². The third-order valence-corrected chi connectivity index (χ3v) is 4.14. The van der Waals surface area contributed by atoms with Gasteiger partial charge in [0.1, 0.15) is 5.75 Å². The highest BCUT2D eigenvalue weighted by atomic mass is 16.5. The van der Waals surface area contributed by atoms with Crippen molar-refractivity contribution in [3.05, 3.63) is 48.0 Å². The molecule has 0 bridgehead atoms. The van der Waals surface area contributed by atoms with Crippen LogP contribution in [0.25, 0.3) is 0 Å². The molecule has 0 saturated carbocycles. The molecule has 3 rings (SSSR count). The van der Waals surface area contributed by atoms with Crippen molar-refractivity contribution >= 4 is 0 Å². The second-order valence-corrected chi connectivity index (χ2v) is 5.61. The summed E-state index contributed by atoms with van der Waals surface area (Å²) in [7, 11) is 3.67. The zero-order chi connectivity index (χ0) is 14.8. The Kier molecular flexibility index (Phi) is 3.94. The second kappa shape index (κ2) is 5.87. The third-order valence-electron chi connectivity index (χ3n) is 4.14. The quantitative estimate of drug-likeness (QED) is 0.930. The third kappa shape index (κ3) is 2.94. The van der Waals surface area contributed by atoms with E-state index < -0.39 is 0 Å². The van der Waals surface area contributed by atoms with E-state index in [9.17, 15) is 5.11 Å². The van der Waals surface area contributed by atoms with Gasteiger partial charge in [-0.1, -0.05) is 12.1 Å². The predicted molar refractivity (Wildman–Crippen MR) is 80.0 cm³/mol. The second-order valence-electron chi connectivity index (χ2n) is 5.61. The number of rotatable bonds is 4. The number of methoxy groups -OCH3 is 1. The molecular formula is C16H21N3O2. The average Bonchev–Trinajstić information content (AvgIpc) is 3.06. The van der Waals surface area contributed by atoms with Gasteiger partial charge >= 0.3 is 0 Å². The molecule has 0 aliphatic carbocycles. The van der Waals surface area contributed by atoms with E-state index in [1.54, 1.807) is 7.11 Å². The smallest absolute Gasteiger partial charge is 0.119 e. The van der Waals surface area contributed by atoms with Crippen LogP contribution in [0, 0.1) is 0 Å². The molecule has 112 valence electrons. The van der Waals surface area contributed by atoms with Gasteiger partial charge < -0.3 is 14.4 Å². The Balaban J connectivity index is 1.83. The summed E-state index contributed by atoms with van der Waals surface area (Å²) in [5.74, 6) is 0.856. The highest BCUT2D eigenvalue weighted by Gasteiger charge is 2.32. The van der Waals surface area contributed by atoms with Crippen molar-refractivity contribution in [2.24, 2.45) is 7.05 Å². The zero-order valence-electron chi connectivity index (χ0n) is 12.4. The molecule has 5 heteroatoms. The summed E-state index contributed by atoms with van der Waals surface area (Å²) in [6.45, 7) is 1.47. The Hall–Kier alpha value is -1.85. The number of β-amino-alcohol motifs (C(OH)–C–C–N with tert-alkyl or cyclic N) is 1. The maximum atomic E-state index is 10.1. The molecule has 2 heterocycles. The summed E-state index contributed by atoms with van der Waals surface area (Å²) < 4.78 is 7.33. The molecule has 1 aliphatic rings. The van der Waals surface area contributed by atoms with E-state index in [0.29, 0.717) is 6.54 Å². The number of aliphatic hydroxyl groups is 1. The van der Waals surface area contributed by atoms with Crippen LogP contribution in [0.2, 0.25) is 0 Å². The first-order chi connectivity index (χ1) is 10.2. The first-order valence-corrected chi connectivity index (χ1v) is 7.18. The van der Waals surface area contributed by atoms with E-state index in [1.807, 2.05) is 36.3 Å². The summed E-state index contributed by atoms with van der Waals surface area (Å²) in [4.78, 5) is 6.46. The maximum Gasteiger partial charge on any atom is 0.119 e. The fourth-order valence-electron chi connectivity index (χ4n) is 2.99. The summed E-state index contributed by atoms with van der Waals surface area (Å²) in [5, 5.41) is 10.1. The normalized spacial score (nSPS) is 22.6. The number of aromatic nitrogens is 2. The number of nitrogens with zero attached hydrogens (tertiary/aromatic N) is 3. The topological polar surface area (TPSA) is 50.5 Å². The van der Waals surface area contributed by atoms with Gasteiger partial charge in [-0.3, -0.25) is 4.90 Å². The van der Waals surface area contributed by atoms with Crippen molar-refractivity contribution in [2.75, 3.05) is 13.7 Å². The monoisotopic (exact) mass is 287 g/mol. The molecule has 5 nitrogen and oxygen atoms in total. The minimum Gasteiger partial charge on any atom is -0.497 e. The minimum absolute atomic E-state index is 0.213. The molecule has 0 spiro atoms.